The van der Waals surface area contributed by atoms with Crippen molar-refractivity contribution in [1.29, 1.82) is 0 Å². The number of nitrogens with zero attached hydrogens (tertiary/aromatic N) is 4. The standard InChI is InChI=1S/C13H20N6O2/c14-17-13-15-8-11(19(20)21)12(16-13)18-7-3-5-9-4-1-2-6-10(9)18/h8-10H,1-7,14H2,(H,15,16,17). The molecule has 1 aromatic heterocycles. The third-order valence-corrected chi connectivity index (χ3v) is 4.59. The van der Waals surface area contributed by atoms with Crippen LogP contribution in [0.5, 0.6) is 0 Å². The zero-order chi connectivity index (χ0) is 14.8. The van der Waals surface area contributed by atoms with E-state index in [9.17, 15) is 10.1 Å². The fraction of sp³-hybridized carbons (Fsp3) is 0.692. The molecule has 114 valence electrons. The predicted octanol–water partition coefficient (Wildman–Crippen LogP) is 1.83. The monoisotopic (exact) mass is 292 g/mol. The number of anilines is 2. The van der Waals surface area contributed by atoms with Gasteiger partial charge in [0.15, 0.2) is 0 Å². The highest BCUT2D eigenvalue weighted by Crippen LogP contribution is 2.39. The third-order valence-electron chi connectivity index (χ3n) is 4.59. The Morgan fingerprint density at radius 1 is 1.33 bits per heavy atom. The molecule has 1 saturated carbocycles. The molecule has 3 rings (SSSR count). The smallest absolute Gasteiger partial charge is 0.329 e. The summed E-state index contributed by atoms with van der Waals surface area (Å²) in [5.41, 5.74) is 2.33. The lowest BCUT2D eigenvalue weighted by Crippen LogP contribution is -2.47. The van der Waals surface area contributed by atoms with Gasteiger partial charge in [0.25, 0.3) is 0 Å². The van der Waals surface area contributed by atoms with Gasteiger partial charge in [0.2, 0.25) is 11.8 Å². The Kier molecular flexibility index (Phi) is 3.87. The Morgan fingerprint density at radius 2 is 2.10 bits per heavy atom. The number of nitrogen functional groups attached to an aromatic ring is 1. The van der Waals surface area contributed by atoms with Crippen molar-refractivity contribution in [2.45, 2.75) is 44.6 Å². The van der Waals surface area contributed by atoms with Crippen molar-refractivity contribution in [2.24, 2.45) is 11.8 Å². The molecule has 0 aromatic carbocycles. The van der Waals surface area contributed by atoms with E-state index in [2.05, 4.69) is 20.3 Å². The number of aromatic nitrogens is 2. The number of hydrogen-bond donors (Lipinski definition) is 2. The van der Waals surface area contributed by atoms with Crippen LogP contribution in [0.3, 0.4) is 0 Å². The summed E-state index contributed by atoms with van der Waals surface area (Å²) in [6, 6.07) is 0.353. The van der Waals surface area contributed by atoms with Gasteiger partial charge in [-0.25, -0.2) is 10.8 Å². The predicted molar refractivity (Wildman–Crippen MR) is 78.8 cm³/mol. The fourth-order valence-electron chi connectivity index (χ4n) is 3.66. The Balaban J connectivity index is 1.98. The molecule has 21 heavy (non-hydrogen) atoms. The van der Waals surface area contributed by atoms with Crippen molar-refractivity contribution in [3.05, 3.63) is 16.3 Å². The highest BCUT2D eigenvalue weighted by atomic mass is 16.6. The largest absolute Gasteiger partial charge is 0.347 e. The van der Waals surface area contributed by atoms with Crippen LogP contribution in [-0.4, -0.2) is 27.5 Å². The van der Waals surface area contributed by atoms with Gasteiger partial charge in [-0.15, -0.1) is 0 Å². The van der Waals surface area contributed by atoms with Crippen molar-refractivity contribution >= 4 is 17.5 Å². The number of nitrogens with one attached hydrogen (secondary N) is 1. The average Bonchev–Trinajstić information content (AvgIpc) is 2.53. The van der Waals surface area contributed by atoms with Crippen molar-refractivity contribution in [3.63, 3.8) is 0 Å². The van der Waals surface area contributed by atoms with Crippen molar-refractivity contribution < 1.29 is 4.92 Å². The third kappa shape index (κ3) is 2.63. The van der Waals surface area contributed by atoms with Gasteiger partial charge < -0.3 is 4.90 Å². The van der Waals surface area contributed by atoms with Crippen LogP contribution in [0.1, 0.15) is 38.5 Å². The average molecular weight is 292 g/mol. The maximum atomic E-state index is 11.3. The lowest BCUT2D eigenvalue weighted by Gasteiger charge is -2.44. The minimum Gasteiger partial charge on any atom is -0.347 e. The molecule has 1 aliphatic carbocycles. The Bertz CT molecular complexity index is 535. The molecule has 0 bridgehead atoms. The first kappa shape index (κ1) is 14.0. The van der Waals surface area contributed by atoms with Crippen LogP contribution in [0.4, 0.5) is 17.5 Å². The summed E-state index contributed by atoms with van der Waals surface area (Å²) >= 11 is 0. The van der Waals surface area contributed by atoms with Gasteiger partial charge in [-0.2, -0.15) is 4.98 Å². The van der Waals surface area contributed by atoms with Crippen LogP contribution in [0, 0.1) is 16.0 Å². The van der Waals surface area contributed by atoms with Gasteiger partial charge in [0, 0.05) is 12.6 Å². The number of hydrazine groups is 1. The van der Waals surface area contributed by atoms with E-state index in [1.54, 1.807) is 0 Å². The maximum absolute atomic E-state index is 11.3. The van der Waals surface area contributed by atoms with E-state index in [0.717, 1.165) is 19.4 Å². The molecule has 0 amide bonds. The van der Waals surface area contributed by atoms with Crippen molar-refractivity contribution in [3.8, 4) is 0 Å². The van der Waals surface area contributed by atoms with Gasteiger partial charge in [-0.1, -0.05) is 12.8 Å². The van der Waals surface area contributed by atoms with E-state index >= 15 is 0 Å². The number of rotatable bonds is 3. The van der Waals surface area contributed by atoms with Crippen LogP contribution in [-0.2, 0) is 0 Å². The number of piperidine rings is 1. The molecule has 2 fully saturated rings. The zero-order valence-corrected chi connectivity index (χ0v) is 11.9. The molecule has 2 heterocycles. The molecule has 2 unspecified atom stereocenters. The summed E-state index contributed by atoms with van der Waals surface area (Å²) in [4.78, 5) is 21.1. The van der Waals surface area contributed by atoms with E-state index in [-0.39, 0.29) is 11.6 Å². The first-order valence-corrected chi connectivity index (χ1v) is 7.45. The molecule has 0 radical (unpaired) electrons. The number of fused-ring (bicyclic) bond motifs is 1. The summed E-state index contributed by atoms with van der Waals surface area (Å²) in [5.74, 6) is 6.58. The normalized spacial score (nSPS) is 25.3. The number of nitro groups is 1. The molecule has 0 spiro atoms. The summed E-state index contributed by atoms with van der Waals surface area (Å²) < 4.78 is 0. The maximum Gasteiger partial charge on any atom is 0.329 e. The molecule has 2 atom stereocenters. The van der Waals surface area contributed by atoms with E-state index in [4.69, 9.17) is 5.84 Å². The molecule has 1 aromatic rings. The van der Waals surface area contributed by atoms with E-state index < -0.39 is 4.92 Å². The van der Waals surface area contributed by atoms with Crippen LogP contribution in [0.2, 0.25) is 0 Å². The topological polar surface area (TPSA) is 110 Å². The van der Waals surface area contributed by atoms with Gasteiger partial charge >= 0.3 is 5.69 Å². The summed E-state index contributed by atoms with van der Waals surface area (Å²) in [7, 11) is 0. The van der Waals surface area contributed by atoms with Crippen molar-refractivity contribution in [2.75, 3.05) is 16.9 Å². The van der Waals surface area contributed by atoms with Crippen LogP contribution >= 0.6 is 0 Å². The van der Waals surface area contributed by atoms with E-state index in [0.29, 0.717) is 17.8 Å². The lowest BCUT2D eigenvalue weighted by molar-refractivity contribution is -0.384. The quantitative estimate of drug-likeness (QED) is 0.496. The first-order chi connectivity index (χ1) is 10.2. The fourth-order valence-corrected chi connectivity index (χ4v) is 3.66. The van der Waals surface area contributed by atoms with Crippen LogP contribution in [0.15, 0.2) is 6.20 Å². The second-order valence-corrected chi connectivity index (χ2v) is 5.75. The van der Waals surface area contributed by atoms with Crippen LogP contribution < -0.4 is 16.2 Å². The van der Waals surface area contributed by atoms with Crippen LogP contribution in [0.25, 0.3) is 0 Å². The number of hydrogen-bond acceptors (Lipinski definition) is 7. The molecular weight excluding hydrogens is 272 g/mol. The second-order valence-electron chi connectivity index (χ2n) is 5.75. The second kappa shape index (κ2) is 5.80. The Hall–Kier alpha value is -1.96. The van der Waals surface area contributed by atoms with Gasteiger partial charge in [-0.3, -0.25) is 15.5 Å². The lowest BCUT2D eigenvalue weighted by atomic mass is 9.78. The number of nitrogens with two attached hydrogens (primary N) is 1. The molecule has 3 N–H and O–H groups in total. The molecule has 8 nitrogen and oxygen atoms in total. The summed E-state index contributed by atoms with van der Waals surface area (Å²) in [5, 5.41) is 11.3. The van der Waals surface area contributed by atoms with Gasteiger partial charge in [0.1, 0.15) is 6.20 Å². The Morgan fingerprint density at radius 3 is 2.86 bits per heavy atom. The summed E-state index contributed by atoms with van der Waals surface area (Å²) in [6.07, 6.45) is 8.23. The molecular formula is C13H20N6O2. The molecule has 2 aliphatic rings. The highest BCUT2D eigenvalue weighted by Gasteiger charge is 2.37. The molecule has 8 heteroatoms. The minimum absolute atomic E-state index is 0.0415. The summed E-state index contributed by atoms with van der Waals surface area (Å²) in [6.45, 7) is 0.809. The molecule has 1 aliphatic heterocycles. The minimum atomic E-state index is -0.415. The first-order valence-electron chi connectivity index (χ1n) is 7.45. The van der Waals surface area contributed by atoms with Crippen molar-refractivity contribution in [1.82, 2.24) is 9.97 Å². The SMILES string of the molecule is NNc1ncc([N+](=O)[O-])c(N2CCCC3CCCCC32)n1. The highest BCUT2D eigenvalue weighted by molar-refractivity contribution is 5.59. The van der Waals surface area contributed by atoms with E-state index in [1.807, 2.05) is 0 Å². The van der Waals surface area contributed by atoms with Gasteiger partial charge in [-0.05, 0) is 31.6 Å². The van der Waals surface area contributed by atoms with E-state index in [1.165, 1.54) is 31.9 Å². The van der Waals surface area contributed by atoms with Gasteiger partial charge in [0.05, 0.1) is 4.92 Å². The Labute approximate surface area is 122 Å². The zero-order valence-electron chi connectivity index (χ0n) is 11.9. The molecule has 1 saturated heterocycles.